The van der Waals surface area contributed by atoms with Crippen LogP contribution in [0.5, 0.6) is 5.75 Å². The number of methoxy groups -OCH3 is 1. The average molecular weight is 328 g/mol. The molecule has 0 spiro atoms. The van der Waals surface area contributed by atoms with Gasteiger partial charge in [-0.15, -0.1) is 0 Å². The van der Waals surface area contributed by atoms with Gasteiger partial charge < -0.3 is 15.0 Å². The molecule has 128 valence electrons. The van der Waals surface area contributed by atoms with E-state index in [1.54, 1.807) is 13.3 Å². The van der Waals surface area contributed by atoms with Crippen LogP contribution >= 0.6 is 0 Å². The van der Waals surface area contributed by atoms with Crippen LogP contribution in [-0.2, 0) is 0 Å². The van der Waals surface area contributed by atoms with Gasteiger partial charge in [0.15, 0.2) is 0 Å². The fourth-order valence-electron chi connectivity index (χ4n) is 4.26. The number of nitrogens with one attached hydrogen (secondary N) is 1. The zero-order valence-corrected chi connectivity index (χ0v) is 14.2. The summed E-state index contributed by atoms with van der Waals surface area (Å²) in [7, 11) is 3.85. The molecule has 1 amide bonds. The first-order valence-electron chi connectivity index (χ1n) is 8.70. The number of carbonyl (C=O) groups excluding carboxylic acids is 1. The van der Waals surface area contributed by atoms with E-state index in [1.807, 2.05) is 18.2 Å². The van der Waals surface area contributed by atoms with E-state index in [4.69, 9.17) is 4.74 Å². The first-order valence-corrected chi connectivity index (χ1v) is 8.70. The van der Waals surface area contributed by atoms with E-state index in [9.17, 15) is 4.79 Å². The zero-order valence-electron chi connectivity index (χ0n) is 14.2. The fraction of sp³-hybridized carbons (Fsp3) is 0.556. The molecule has 2 fully saturated rings. The molecule has 2 aliphatic rings. The normalized spacial score (nSPS) is 27.2. The SMILES string of the molecule is COc1ccc2cnn(C(=O)NC3CC4CCCC(C3)N4C)c2c1. The molecule has 1 aromatic heterocycles. The van der Waals surface area contributed by atoms with Crippen molar-refractivity contribution in [2.45, 2.75) is 50.2 Å². The van der Waals surface area contributed by atoms with Gasteiger partial charge in [0.2, 0.25) is 0 Å². The predicted molar refractivity (Wildman–Crippen MR) is 92.4 cm³/mol. The highest BCUT2D eigenvalue weighted by Gasteiger charge is 2.36. The minimum absolute atomic E-state index is 0.147. The van der Waals surface area contributed by atoms with Crippen LogP contribution in [0, 0.1) is 0 Å². The lowest BCUT2D eigenvalue weighted by Crippen LogP contribution is -2.55. The van der Waals surface area contributed by atoms with Crippen molar-refractivity contribution in [3.63, 3.8) is 0 Å². The monoisotopic (exact) mass is 328 g/mol. The summed E-state index contributed by atoms with van der Waals surface area (Å²) in [5.74, 6) is 0.728. The lowest BCUT2D eigenvalue weighted by Gasteiger charge is -2.47. The molecule has 2 aliphatic heterocycles. The molecular formula is C18H24N4O2. The maximum atomic E-state index is 12.7. The van der Waals surface area contributed by atoms with Crippen molar-refractivity contribution in [1.29, 1.82) is 0 Å². The summed E-state index contributed by atoms with van der Waals surface area (Å²) in [6.45, 7) is 0. The maximum Gasteiger partial charge on any atom is 0.342 e. The zero-order chi connectivity index (χ0) is 16.7. The van der Waals surface area contributed by atoms with Gasteiger partial charge in [-0.2, -0.15) is 9.78 Å². The third-order valence-electron chi connectivity index (χ3n) is 5.64. The third-order valence-corrected chi connectivity index (χ3v) is 5.64. The Kier molecular flexibility index (Phi) is 3.92. The Morgan fingerprint density at radius 3 is 2.75 bits per heavy atom. The van der Waals surface area contributed by atoms with Crippen molar-refractivity contribution >= 4 is 16.9 Å². The number of aromatic nitrogens is 2. The minimum Gasteiger partial charge on any atom is -0.497 e. The van der Waals surface area contributed by atoms with Crippen LogP contribution in [-0.4, -0.2) is 53.0 Å². The molecule has 4 rings (SSSR count). The second-order valence-corrected chi connectivity index (χ2v) is 7.00. The summed E-state index contributed by atoms with van der Waals surface area (Å²) in [4.78, 5) is 15.2. The van der Waals surface area contributed by atoms with E-state index in [0.717, 1.165) is 29.5 Å². The summed E-state index contributed by atoms with van der Waals surface area (Å²) < 4.78 is 6.71. The molecule has 2 atom stereocenters. The number of nitrogens with zero attached hydrogens (tertiary/aromatic N) is 3. The Morgan fingerprint density at radius 2 is 2.04 bits per heavy atom. The van der Waals surface area contributed by atoms with Crippen LogP contribution in [0.2, 0.25) is 0 Å². The molecule has 1 N–H and O–H groups in total. The molecule has 2 bridgehead atoms. The molecule has 1 aromatic carbocycles. The molecule has 2 saturated heterocycles. The molecule has 6 nitrogen and oxygen atoms in total. The van der Waals surface area contributed by atoms with Crippen molar-refractivity contribution < 1.29 is 9.53 Å². The molecule has 3 heterocycles. The topological polar surface area (TPSA) is 59.4 Å². The van der Waals surface area contributed by atoms with Crippen molar-refractivity contribution in [3.05, 3.63) is 24.4 Å². The summed E-state index contributed by atoms with van der Waals surface area (Å²) >= 11 is 0. The first kappa shape index (κ1) is 15.4. The van der Waals surface area contributed by atoms with Gasteiger partial charge in [0.1, 0.15) is 5.75 Å². The van der Waals surface area contributed by atoms with Crippen molar-refractivity contribution in [1.82, 2.24) is 20.0 Å². The smallest absolute Gasteiger partial charge is 0.342 e. The number of ether oxygens (including phenoxy) is 1. The van der Waals surface area contributed by atoms with Gasteiger partial charge >= 0.3 is 6.03 Å². The van der Waals surface area contributed by atoms with E-state index < -0.39 is 0 Å². The molecule has 0 radical (unpaired) electrons. The van der Waals surface area contributed by atoms with E-state index >= 15 is 0 Å². The van der Waals surface area contributed by atoms with E-state index in [-0.39, 0.29) is 12.1 Å². The van der Waals surface area contributed by atoms with Crippen LogP contribution in [0.3, 0.4) is 0 Å². The number of rotatable bonds is 2. The molecule has 2 unspecified atom stereocenters. The number of piperidine rings is 2. The van der Waals surface area contributed by atoms with Crippen molar-refractivity contribution in [2.24, 2.45) is 0 Å². The van der Waals surface area contributed by atoms with Crippen LogP contribution in [0.1, 0.15) is 32.1 Å². The highest BCUT2D eigenvalue weighted by atomic mass is 16.5. The minimum atomic E-state index is -0.147. The summed E-state index contributed by atoms with van der Waals surface area (Å²) in [5, 5.41) is 8.39. The Hall–Kier alpha value is -2.08. The number of benzene rings is 1. The average Bonchev–Trinajstić information content (AvgIpc) is 2.98. The number of hydrogen-bond donors (Lipinski definition) is 1. The Morgan fingerprint density at radius 1 is 1.29 bits per heavy atom. The fourth-order valence-corrected chi connectivity index (χ4v) is 4.26. The molecule has 2 aromatic rings. The second kappa shape index (κ2) is 6.09. The lowest BCUT2D eigenvalue weighted by molar-refractivity contribution is 0.0509. The van der Waals surface area contributed by atoms with Crippen LogP contribution in [0.25, 0.3) is 10.9 Å². The number of fused-ring (bicyclic) bond motifs is 3. The number of carbonyl (C=O) groups is 1. The van der Waals surface area contributed by atoms with E-state index in [0.29, 0.717) is 12.1 Å². The molecule has 0 saturated carbocycles. The maximum absolute atomic E-state index is 12.7. The standard InChI is InChI=1S/C18H24N4O2/c1-21-14-4-3-5-15(21)9-13(8-14)20-18(23)22-17-10-16(24-2)7-6-12(17)11-19-22/h6-7,10-11,13-15H,3-5,8-9H2,1-2H3,(H,20,23). The Bertz CT molecular complexity index is 743. The number of hydrogen-bond acceptors (Lipinski definition) is 4. The van der Waals surface area contributed by atoms with Crippen LogP contribution in [0.4, 0.5) is 4.79 Å². The van der Waals surface area contributed by atoms with Gasteiger partial charge in [0.25, 0.3) is 0 Å². The van der Waals surface area contributed by atoms with Crippen molar-refractivity contribution in [3.8, 4) is 5.75 Å². The summed E-state index contributed by atoms with van der Waals surface area (Å²) in [6, 6.07) is 6.93. The second-order valence-electron chi connectivity index (χ2n) is 7.00. The third kappa shape index (κ3) is 2.65. The number of amides is 1. The lowest BCUT2D eigenvalue weighted by atomic mass is 9.82. The molecule has 24 heavy (non-hydrogen) atoms. The molecule has 6 heteroatoms. The van der Waals surface area contributed by atoms with E-state index in [1.165, 1.54) is 23.9 Å². The van der Waals surface area contributed by atoms with Gasteiger partial charge in [-0.05, 0) is 44.9 Å². The van der Waals surface area contributed by atoms with Crippen molar-refractivity contribution in [2.75, 3.05) is 14.2 Å². The van der Waals surface area contributed by atoms with Crippen LogP contribution in [0.15, 0.2) is 24.4 Å². The Labute approximate surface area is 141 Å². The van der Waals surface area contributed by atoms with E-state index in [2.05, 4.69) is 22.4 Å². The largest absolute Gasteiger partial charge is 0.497 e. The molecule has 0 aliphatic carbocycles. The highest BCUT2D eigenvalue weighted by Crippen LogP contribution is 2.32. The van der Waals surface area contributed by atoms with Gasteiger partial charge in [-0.1, -0.05) is 6.42 Å². The van der Waals surface area contributed by atoms with Gasteiger partial charge in [-0.25, -0.2) is 4.79 Å². The molecular weight excluding hydrogens is 304 g/mol. The van der Waals surface area contributed by atoms with Gasteiger partial charge in [-0.3, -0.25) is 0 Å². The van der Waals surface area contributed by atoms with Gasteiger partial charge in [0, 0.05) is 29.6 Å². The quantitative estimate of drug-likeness (QED) is 0.921. The first-order chi connectivity index (χ1) is 11.7. The Balaban J connectivity index is 1.52. The van der Waals surface area contributed by atoms with Crippen LogP contribution < -0.4 is 10.1 Å². The predicted octanol–water partition coefficient (Wildman–Crippen LogP) is 2.62. The summed E-state index contributed by atoms with van der Waals surface area (Å²) in [5.41, 5.74) is 0.778. The summed E-state index contributed by atoms with van der Waals surface area (Å²) in [6.07, 6.45) is 7.56. The highest BCUT2D eigenvalue weighted by molar-refractivity contribution is 5.90. The van der Waals surface area contributed by atoms with Gasteiger partial charge in [0.05, 0.1) is 18.8 Å².